The first-order chi connectivity index (χ1) is 9.76. The molecule has 0 radical (unpaired) electrons. The zero-order valence-corrected chi connectivity index (χ0v) is 12.3. The fourth-order valence-electron chi connectivity index (χ4n) is 2.15. The molecule has 0 aliphatic heterocycles. The first-order valence-electron chi connectivity index (χ1n) is 6.95. The van der Waals surface area contributed by atoms with Gasteiger partial charge in [-0.25, -0.2) is 9.97 Å². The van der Waals surface area contributed by atoms with Crippen LogP contribution in [-0.2, 0) is 6.54 Å². The molecule has 106 valence electrons. The third-order valence-electron chi connectivity index (χ3n) is 3.21. The van der Waals surface area contributed by atoms with E-state index in [1.54, 1.807) is 6.33 Å². The zero-order chi connectivity index (χ0) is 14.4. The number of hydrogen-bond donors (Lipinski definition) is 1. The monoisotopic (exact) mass is 271 g/mol. The van der Waals surface area contributed by atoms with E-state index in [0.717, 1.165) is 36.8 Å². The predicted molar refractivity (Wildman–Crippen MR) is 81.9 cm³/mol. The molecule has 5 nitrogen and oxygen atoms in total. The van der Waals surface area contributed by atoms with Crippen LogP contribution < -0.4 is 10.2 Å². The summed E-state index contributed by atoms with van der Waals surface area (Å²) in [5.41, 5.74) is 2.31. The Balaban J connectivity index is 2.25. The van der Waals surface area contributed by atoms with Gasteiger partial charge in [-0.3, -0.25) is 4.98 Å². The van der Waals surface area contributed by atoms with Gasteiger partial charge < -0.3 is 10.2 Å². The van der Waals surface area contributed by atoms with Gasteiger partial charge in [-0.2, -0.15) is 0 Å². The van der Waals surface area contributed by atoms with E-state index in [1.165, 1.54) is 5.56 Å². The van der Waals surface area contributed by atoms with Crippen LogP contribution in [0.15, 0.2) is 30.9 Å². The maximum atomic E-state index is 4.45. The van der Waals surface area contributed by atoms with E-state index in [1.807, 2.05) is 24.5 Å². The smallest absolute Gasteiger partial charge is 0.137 e. The van der Waals surface area contributed by atoms with Gasteiger partial charge in [-0.05, 0) is 38.5 Å². The second-order valence-corrected chi connectivity index (χ2v) is 4.57. The van der Waals surface area contributed by atoms with Crippen molar-refractivity contribution in [2.75, 3.05) is 23.3 Å². The minimum atomic E-state index is 0.822. The van der Waals surface area contributed by atoms with E-state index in [-0.39, 0.29) is 0 Å². The molecule has 0 saturated heterocycles. The van der Waals surface area contributed by atoms with Crippen molar-refractivity contribution in [2.24, 2.45) is 0 Å². The molecule has 2 rings (SSSR count). The highest BCUT2D eigenvalue weighted by atomic mass is 15.2. The van der Waals surface area contributed by atoms with Crippen LogP contribution in [0.1, 0.15) is 25.0 Å². The van der Waals surface area contributed by atoms with Gasteiger partial charge in [0.15, 0.2) is 0 Å². The highest BCUT2D eigenvalue weighted by Crippen LogP contribution is 2.23. The lowest BCUT2D eigenvalue weighted by atomic mass is 10.2. The number of nitrogens with zero attached hydrogens (tertiary/aromatic N) is 4. The Morgan fingerprint density at radius 2 is 1.90 bits per heavy atom. The van der Waals surface area contributed by atoms with Crippen LogP contribution in [-0.4, -0.2) is 28.0 Å². The van der Waals surface area contributed by atoms with Crippen molar-refractivity contribution in [3.8, 4) is 0 Å². The summed E-state index contributed by atoms with van der Waals surface area (Å²) in [6, 6.07) is 4.06. The number of aromatic nitrogens is 3. The molecule has 1 N–H and O–H groups in total. The number of pyridine rings is 1. The van der Waals surface area contributed by atoms with Crippen LogP contribution >= 0.6 is 0 Å². The van der Waals surface area contributed by atoms with Crippen molar-refractivity contribution >= 4 is 11.6 Å². The highest BCUT2D eigenvalue weighted by molar-refractivity contribution is 5.57. The third-order valence-corrected chi connectivity index (χ3v) is 3.21. The molecular formula is C15H21N5. The normalized spacial score (nSPS) is 10.3. The van der Waals surface area contributed by atoms with Crippen LogP contribution in [0.2, 0.25) is 0 Å². The minimum Gasteiger partial charge on any atom is -0.370 e. The summed E-state index contributed by atoms with van der Waals surface area (Å²) in [6.07, 6.45) is 5.26. The molecule has 0 aliphatic rings. The van der Waals surface area contributed by atoms with E-state index in [2.05, 4.69) is 45.9 Å². The summed E-state index contributed by atoms with van der Waals surface area (Å²) in [7, 11) is 0. The number of nitrogens with one attached hydrogen (secondary N) is 1. The lowest BCUT2D eigenvalue weighted by Crippen LogP contribution is -2.24. The third kappa shape index (κ3) is 3.23. The summed E-state index contributed by atoms with van der Waals surface area (Å²) >= 11 is 0. The Morgan fingerprint density at radius 3 is 2.55 bits per heavy atom. The molecular weight excluding hydrogens is 250 g/mol. The molecule has 0 unspecified atom stereocenters. The fourth-order valence-corrected chi connectivity index (χ4v) is 2.15. The molecule has 5 heteroatoms. The van der Waals surface area contributed by atoms with Crippen LogP contribution in [0.4, 0.5) is 11.6 Å². The highest BCUT2D eigenvalue weighted by Gasteiger charge is 2.13. The van der Waals surface area contributed by atoms with E-state index in [0.29, 0.717) is 0 Å². The molecule has 2 aromatic heterocycles. The van der Waals surface area contributed by atoms with Crippen molar-refractivity contribution in [2.45, 2.75) is 27.3 Å². The summed E-state index contributed by atoms with van der Waals surface area (Å²) in [5.74, 6) is 1.89. The zero-order valence-electron chi connectivity index (χ0n) is 12.3. The maximum absolute atomic E-state index is 4.45. The Kier molecular flexibility index (Phi) is 4.87. The molecule has 0 aliphatic carbocycles. The van der Waals surface area contributed by atoms with Gasteiger partial charge in [0.1, 0.15) is 18.0 Å². The van der Waals surface area contributed by atoms with Crippen molar-refractivity contribution in [3.05, 3.63) is 42.0 Å². The standard InChI is InChI=1S/C15H21N5/c1-4-17-14-12(3)15(19-11-18-14)20(5-2)10-13-6-8-16-9-7-13/h6-9,11H,4-5,10H2,1-3H3,(H,17,18,19). The van der Waals surface area contributed by atoms with Crippen LogP contribution in [0.25, 0.3) is 0 Å². The summed E-state index contributed by atoms with van der Waals surface area (Å²) in [4.78, 5) is 15.0. The quantitative estimate of drug-likeness (QED) is 0.875. The van der Waals surface area contributed by atoms with Gasteiger partial charge in [0, 0.05) is 37.6 Å². The van der Waals surface area contributed by atoms with E-state index in [9.17, 15) is 0 Å². The summed E-state index contributed by atoms with van der Waals surface area (Å²) in [6.45, 7) is 8.83. The number of rotatable bonds is 6. The van der Waals surface area contributed by atoms with Gasteiger partial charge in [0.2, 0.25) is 0 Å². The van der Waals surface area contributed by atoms with Crippen molar-refractivity contribution < 1.29 is 0 Å². The van der Waals surface area contributed by atoms with Gasteiger partial charge in [0.25, 0.3) is 0 Å². The molecule has 0 spiro atoms. The van der Waals surface area contributed by atoms with Gasteiger partial charge in [-0.15, -0.1) is 0 Å². The van der Waals surface area contributed by atoms with E-state index in [4.69, 9.17) is 0 Å². The molecule has 0 fully saturated rings. The largest absolute Gasteiger partial charge is 0.370 e. The second-order valence-electron chi connectivity index (χ2n) is 4.57. The maximum Gasteiger partial charge on any atom is 0.137 e. The van der Waals surface area contributed by atoms with Crippen molar-refractivity contribution in [1.82, 2.24) is 15.0 Å². The SMILES string of the molecule is CCNc1ncnc(N(CC)Cc2ccncc2)c1C. The lowest BCUT2D eigenvalue weighted by molar-refractivity contribution is 0.803. The Bertz CT molecular complexity index is 541. The van der Waals surface area contributed by atoms with Gasteiger partial charge in [0.05, 0.1) is 0 Å². The molecule has 20 heavy (non-hydrogen) atoms. The molecule has 2 heterocycles. The van der Waals surface area contributed by atoms with Crippen molar-refractivity contribution in [1.29, 1.82) is 0 Å². The average Bonchev–Trinajstić information content (AvgIpc) is 2.49. The van der Waals surface area contributed by atoms with E-state index >= 15 is 0 Å². The van der Waals surface area contributed by atoms with Gasteiger partial charge >= 0.3 is 0 Å². The number of anilines is 2. The fraction of sp³-hybridized carbons (Fsp3) is 0.400. The molecule has 0 aromatic carbocycles. The first-order valence-corrected chi connectivity index (χ1v) is 6.95. The van der Waals surface area contributed by atoms with Crippen LogP contribution in [0.3, 0.4) is 0 Å². The Labute approximate surface area is 120 Å². The Morgan fingerprint density at radius 1 is 1.15 bits per heavy atom. The molecule has 2 aromatic rings. The Hall–Kier alpha value is -2.17. The first kappa shape index (κ1) is 14.2. The topological polar surface area (TPSA) is 53.9 Å². The van der Waals surface area contributed by atoms with Crippen LogP contribution in [0, 0.1) is 6.92 Å². The summed E-state index contributed by atoms with van der Waals surface area (Å²) < 4.78 is 0. The molecule has 0 atom stereocenters. The summed E-state index contributed by atoms with van der Waals surface area (Å²) in [5, 5.41) is 3.27. The second kappa shape index (κ2) is 6.84. The molecule has 0 bridgehead atoms. The predicted octanol–water partition coefficient (Wildman–Crippen LogP) is 2.64. The van der Waals surface area contributed by atoms with Crippen LogP contribution in [0.5, 0.6) is 0 Å². The molecule has 0 amide bonds. The lowest BCUT2D eigenvalue weighted by Gasteiger charge is -2.24. The molecule has 0 saturated carbocycles. The average molecular weight is 271 g/mol. The minimum absolute atomic E-state index is 0.822. The van der Waals surface area contributed by atoms with Crippen molar-refractivity contribution in [3.63, 3.8) is 0 Å². The number of hydrogen-bond acceptors (Lipinski definition) is 5. The van der Waals surface area contributed by atoms with Gasteiger partial charge in [-0.1, -0.05) is 0 Å². The van der Waals surface area contributed by atoms with E-state index < -0.39 is 0 Å².